The first-order chi connectivity index (χ1) is 15.5. The average molecular weight is 452 g/mol. The molecule has 0 fully saturated rings. The van der Waals surface area contributed by atoms with Crippen molar-refractivity contribution in [2.75, 3.05) is 11.9 Å². The van der Waals surface area contributed by atoms with Gasteiger partial charge in [0.1, 0.15) is 11.4 Å². The summed E-state index contributed by atoms with van der Waals surface area (Å²) in [6.07, 6.45) is 2.26. The minimum Gasteiger partial charge on any atom is -0.480 e. The van der Waals surface area contributed by atoms with E-state index in [4.69, 9.17) is 0 Å². The van der Waals surface area contributed by atoms with Gasteiger partial charge in [-0.25, -0.2) is 4.39 Å². The number of anilines is 1. The van der Waals surface area contributed by atoms with Crippen molar-refractivity contribution >= 4 is 28.5 Å². The standard InChI is InChI=1S/C26H30FN3O3/c1-25(2,3)16-26(4,24(32)33)29-14-12-23(31)30-19-9-10-22-21(15-19)20(11-13-28-22)17-5-7-18(27)8-6-17/h5-11,13,15,29H,12,14,16H2,1-4H3,(H,30,31)(H,32,33). The molecule has 0 spiro atoms. The van der Waals surface area contributed by atoms with Gasteiger partial charge < -0.3 is 15.7 Å². The lowest BCUT2D eigenvalue weighted by molar-refractivity contribution is -0.145. The fourth-order valence-corrected chi connectivity index (χ4v) is 4.05. The summed E-state index contributed by atoms with van der Waals surface area (Å²) in [5.74, 6) is -1.47. The number of nitrogens with zero attached hydrogens (tertiary/aromatic N) is 1. The van der Waals surface area contributed by atoms with Crippen molar-refractivity contribution in [1.29, 1.82) is 0 Å². The predicted octanol–water partition coefficient (Wildman–Crippen LogP) is 5.24. The molecule has 1 atom stereocenters. The molecule has 7 heteroatoms. The van der Waals surface area contributed by atoms with Crippen molar-refractivity contribution in [3.63, 3.8) is 0 Å². The second-order valence-corrected chi connectivity index (χ2v) is 9.70. The summed E-state index contributed by atoms with van der Waals surface area (Å²) in [5.41, 5.74) is 1.82. The van der Waals surface area contributed by atoms with Crippen LogP contribution in [0.4, 0.5) is 10.1 Å². The van der Waals surface area contributed by atoms with Crippen molar-refractivity contribution in [2.45, 2.75) is 46.1 Å². The number of rotatable bonds is 8. The van der Waals surface area contributed by atoms with E-state index in [0.29, 0.717) is 12.1 Å². The molecule has 1 amide bonds. The van der Waals surface area contributed by atoms with Crippen LogP contribution in [-0.4, -0.2) is 34.1 Å². The molecule has 0 bridgehead atoms. The van der Waals surface area contributed by atoms with Crippen LogP contribution < -0.4 is 10.6 Å². The van der Waals surface area contributed by atoms with Gasteiger partial charge in [-0.3, -0.25) is 14.6 Å². The SMILES string of the molecule is CC(C)(C)CC(C)(NCCC(=O)Nc1ccc2nccc(-c3ccc(F)cc3)c2c1)C(=O)O. The third kappa shape index (κ3) is 6.35. The minimum absolute atomic E-state index is 0.128. The van der Waals surface area contributed by atoms with E-state index >= 15 is 0 Å². The van der Waals surface area contributed by atoms with Crippen LogP contribution in [0.2, 0.25) is 0 Å². The second kappa shape index (κ2) is 9.67. The van der Waals surface area contributed by atoms with Crippen LogP contribution in [-0.2, 0) is 9.59 Å². The molecule has 3 rings (SSSR count). The number of carbonyl (C=O) groups excluding carboxylic acids is 1. The van der Waals surface area contributed by atoms with Gasteiger partial charge in [0.2, 0.25) is 5.91 Å². The first-order valence-electron chi connectivity index (χ1n) is 10.9. The quantitative estimate of drug-likeness (QED) is 0.436. The lowest BCUT2D eigenvalue weighted by Crippen LogP contribution is -2.52. The first kappa shape index (κ1) is 24.3. The first-order valence-corrected chi connectivity index (χ1v) is 10.9. The van der Waals surface area contributed by atoms with E-state index in [1.165, 1.54) is 12.1 Å². The Balaban J connectivity index is 1.70. The second-order valence-electron chi connectivity index (χ2n) is 9.70. The van der Waals surface area contributed by atoms with Crippen molar-refractivity contribution in [1.82, 2.24) is 10.3 Å². The molecule has 3 N–H and O–H groups in total. The van der Waals surface area contributed by atoms with E-state index in [9.17, 15) is 19.1 Å². The zero-order valence-electron chi connectivity index (χ0n) is 19.4. The van der Waals surface area contributed by atoms with Gasteiger partial charge in [-0.1, -0.05) is 32.9 Å². The molecule has 0 saturated heterocycles. The fraction of sp³-hybridized carbons (Fsp3) is 0.346. The summed E-state index contributed by atoms with van der Waals surface area (Å²) in [5, 5.41) is 16.4. The van der Waals surface area contributed by atoms with Crippen molar-refractivity contribution in [2.24, 2.45) is 5.41 Å². The molecule has 0 saturated carbocycles. The lowest BCUT2D eigenvalue weighted by Gasteiger charge is -2.33. The van der Waals surface area contributed by atoms with E-state index in [0.717, 1.165) is 22.0 Å². The third-order valence-electron chi connectivity index (χ3n) is 5.40. The van der Waals surface area contributed by atoms with Crippen LogP contribution in [0.25, 0.3) is 22.0 Å². The Morgan fingerprint density at radius 2 is 1.73 bits per heavy atom. The number of carbonyl (C=O) groups is 2. The molecule has 3 aromatic rings. The number of fused-ring (bicyclic) bond motifs is 1. The molecule has 1 aromatic heterocycles. The maximum absolute atomic E-state index is 13.3. The molecule has 2 aromatic carbocycles. The van der Waals surface area contributed by atoms with Gasteiger partial charge in [0.15, 0.2) is 0 Å². The van der Waals surface area contributed by atoms with Gasteiger partial charge in [0.25, 0.3) is 0 Å². The number of carboxylic acids is 1. The summed E-state index contributed by atoms with van der Waals surface area (Å²) < 4.78 is 13.3. The van der Waals surface area contributed by atoms with Crippen molar-refractivity contribution in [3.05, 3.63) is 60.5 Å². The molecule has 0 radical (unpaired) electrons. The van der Waals surface area contributed by atoms with Gasteiger partial charge >= 0.3 is 5.97 Å². The van der Waals surface area contributed by atoms with Crippen molar-refractivity contribution < 1.29 is 19.1 Å². The normalized spacial score (nSPS) is 13.5. The number of aromatic nitrogens is 1. The maximum atomic E-state index is 13.3. The number of benzene rings is 2. The molecule has 1 unspecified atom stereocenters. The summed E-state index contributed by atoms with van der Waals surface area (Å²) in [6, 6.07) is 13.5. The average Bonchev–Trinajstić information content (AvgIpc) is 2.72. The zero-order valence-corrected chi connectivity index (χ0v) is 19.4. The molecule has 174 valence electrons. The summed E-state index contributed by atoms with van der Waals surface area (Å²) >= 11 is 0. The van der Waals surface area contributed by atoms with Crippen LogP contribution in [0, 0.1) is 11.2 Å². The Kier molecular flexibility index (Phi) is 7.12. The summed E-state index contributed by atoms with van der Waals surface area (Å²) in [7, 11) is 0. The third-order valence-corrected chi connectivity index (χ3v) is 5.40. The van der Waals surface area contributed by atoms with E-state index in [-0.39, 0.29) is 30.1 Å². The fourth-order valence-electron chi connectivity index (χ4n) is 4.05. The monoisotopic (exact) mass is 451 g/mol. The van der Waals surface area contributed by atoms with Gasteiger partial charge in [-0.05, 0) is 66.3 Å². The van der Waals surface area contributed by atoms with Crippen LogP contribution in [0.15, 0.2) is 54.7 Å². The van der Waals surface area contributed by atoms with E-state index < -0.39 is 11.5 Å². The van der Waals surface area contributed by atoms with E-state index in [1.54, 1.807) is 31.3 Å². The number of amides is 1. The molecular formula is C26H30FN3O3. The topological polar surface area (TPSA) is 91.3 Å². The Morgan fingerprint density at radius 3 is 2.36 bits per heavy atom. The van der Waals surface area contributed by atoms with E-state index in [2.05, 4.69) is 15.6 Å². The van der Waals surface area contributed by atoms with Gasteiger partial charge in [-0.2, -0.15) is 0 Å². The highest BCUT2D eigenvalue weighted by molar-refractivity contribution is 5.99. The number of hydrogen-bond acceptors (Lipinski definition) is 4. The highest BCUT2D eigenvalue weighted by Crippen LogP contribution is 2.30. The van der Waals surface area contributed by atoms with Crippen LogP contribution in [0.1, 0.15) is 40.5 Å². The van der Waals surface area contributed by atoms with E-state index in [1.807, 2.05) is 39.0 Å². The number of aliphatic carboxylic acids is 1. The van der Waals surface area contributed by atoms with Crippen LogP contribution in [0.5, 0.6) is 0 Å². The van der Waals surface area contributed by atoms with Gasteiger partial charge in [0.05, 0.1) is 5.52 Å². The lowest BCUT2D eigenvalue weighted by atomic mass is 9.80. The minimum atomic E-state index is -1.11. The number of hydrogen-bond donors (Lipinski definition) is 3. The van der Waals surface area contributed by atoms with Crippen LogP contribution >= 0.6 is 0 Å². The van der Waals surface area contributed by atoms with Crippen molar-refractivity contribution in [3.8, 4) is 11.1 Å². The number of carboxylic acid groups (broad SMARTS) is 1. The highest BCUT2D eigenvalue weighted by Gasteiger charge is 2.36. The molecule has 0 aliphatic carbocycles. The Labute approximate surface area is 193 Å². The zero-order chi connectivity index (χ0) is 24.2. The van der Waals surface area contributed by atoms with Crippen LogP contribution in [0.3, 0.4) is 0 Å². The Morgan fingerprint density at radius 1 is 1.03 bits per heavy atom. The summed E-state index contributed by atoms with van der Waals surface area (Å²) in [6.45, 7) is 7.83. The van der Waals surface area contributed by atoms with Gasteiger partial charge in [-0.15, -0.1) is 0 Å². The molecule has 0 aliphatic rings. The molecule has 1 heterocycles. The maximum Gasteiger partial charge on any atom is 0.323 e. The highest BCUT2D eigenvalue weighted by atomic mass is 19.1. The smallest absolute Gasteiger partial charge is 0.323 e. The molecule has 0 aliphatic heterocycles. The Hall–Kier alpha value is -3.32. The predicted molar refractivity (Wildman–Crippen MR) is 128 cm³/mol. The number of nitrogens with one attached hydrogen (secondary N) is 2. The van der Waals surface area contributed by atoms with Gasteiger partial charge in [0, 0.05) is 30.2 Å². The summed E-state index contributed by atoms with van der Waals surface area (Å²) in [4.78, 5) is 28.7. The Bertz CT molecular complexity index is 1160. The number of pyridine rings is 1. The largest absolute Gasteiger partial charge is 0.480 e. The molecular weight excluding hydrogens is 421 g/mol. The molecule has 33 heavy (non-hydrogen) atoms. The number of halogens is 1. The molecule has 6 nitrogen and oxygen atoms in total.